The van der Waals surface area contributed by atoms with Crippen LogP contribution in [0.25, 0.3) is 0 Å². The topological polar surface area (TPSA) is 41.6 Å². The van der Waals surface area contributed by atoms with E-state index in [1.165, 1.54) is 12.8 Å². The average molecular weight is 309 g/mol. The van der Waals surface area contributed by atoms with Gasteiger partial charge in [-0.1, -0.05) is 29.8 Å². The first-order chi connectivity index (χ1) is 10.1. The average Bonchev–Trinajstić information content (AvgIpc) is 2.48. The fourth-order valence-corrected chi connectivity index (χ4v) is 3.63. The number of nitrogens with zero attached hydrogens (tertiary/aromatic N) is 1. The van der Waals surface area contributed by atoms with Gasteiger partial charge in [0.1, 0.15) is 6.10 Å². The van der Waals surface area contributed by atoms with Crippen LogP contribution in [0, 0.1) is 5.92 Å². The maximum absolute atomic E-state index is 12.1. The maximum Gasteiger partial charge on any atom is 0.408 e. The Hall–Kier alpha value is -1.26. The number of hydrogen-bond acceptors (Lipinski definition) is 3. The number of carbonyl (C=O) groups is 1. The van der Waals surface area contributed by atoms with Crippen molar-refractivity contribution in [3.05, 3.63) is 34.9 Å². The Kier molecular flexibility index (Phi) is 4.36. The molecule has 0 aliphatic carbocycles. The van der Waals surface area contributed by atoms with Gasteiger partial charge in [0, 0.05) is 23.2 Å². The van der Waals surface area contributed by atoms with Crippen molar-refractivity contribution < 1.29 is 9.53 Å². The van der Waals surface area contributed by atoms with Gasteiger partial charge in [-0.25, -0.2) is 4.79 Å². The van der Waals surface area contributed by atoms with Crippen LogP contribution in [-0.4, -0.2) is 36.7 Å². The van der Waals surface area contributed by atoms with E-state index in [-0.39, 0.29) is 18.2 Å². The summed E-state index contributed by atoms with van der Waals surface area (Å²) in [5.41, 5.74) is 0.836. The lowest BCUT2D eigenvalue weighted by atomic mass is 9.84. The number of carbonyl (C=O) groups excluding carboxylic acids is 1. The molecule has 1 N–H and O–H groups in total. The van der Waals surface area contributed by atoms with Crippen LogP contribution in [0.1, 0.15) is 31.4 Å². The zero-order valence-corrected chi connectivity index (χ0v) is 13.0. The van der Waals surface area contributed by atoms with Crippen molar-refractivity contribution in [1.82, 2.24) is 10.2 Å². The predicted octanol–water partition coefficient (Wildman–Crippen LogP) is 3.22. The fourth-order valence-electron chi connectivity index (χ4n) is 3.34. The second kappa shape index (κ2) is 6.24. The summed E-state index contributed by atoms with van der Waals surface area (Å²) >= 11 is 6.13. The Morgan fingerprint density at radius 2 is 2.10 bits per heavy atom. The zero-order valence-electron chi connectivity index (χ0n) is 12.2. The number of amides is 1. The number of alkyl carbamates (subject to hydrolysis) is 1. The van der Waals surface area contributed by atoms with Gasteiger partial charge in [-0.3, -0.25) is 0 Å². The van der Waals surface area contributed by atoms with Crippen LogP contribution in [0.15, 0.2) is 24.3 Å². The summed E-state index contributed by atoms with van der Waals surface area (Å²) in [6.45, 7) is 5.11. The number of piperidine rings is 3. The van der Waals surface area contributed by atoms with Crippen molar-refractivity contribution in [2.75, 3.05) is 19.6 Å². The highest BCUT2D eigenvalue weighted by atomic mass is 35.5. The molecule has 1 amide bonds. The number of nitrogens with one attached hydrogen (secondary N) is 1. The highest BCUT2D eigenvalue weighted by molar-refractivity contribution is 6.31. The lowest BCUT2D eigenvalue weighted by Gasteiger charge is -2.44. The molecular weight excluding hydrogens is 288 g/mol. The molecule has 0 radical (unpaired) electrons. The third-order valence-corrected chi connectivity index (χ3v) is 4.93. The molecule has 3 heterocycles. The SMILES string of the molecule is CC(OC(=O)NC1CN2CCC1CC2)c1ccccc1Cl. The summed E-state index contributed by atoms with van der Waals surface area (Å²) in [6.07, 6.45) is 1.65. The molecule has 2 unspecified atom stereocenters. The molecule has 0 saturated carbocycles. The summed E-state index contributed by atoms with van der Waals surface area (Å²) in [4.78, 5) is 14.5. The van der Waals surface area contributed by atoms with E-state index in [1.54, 1.807) is 0 Å². The number of halogens is 1. The normalized spacial score (nSPS) is 29.0. The molecule has 3 aliphatic rings. The molecule has 4 rings (SSSR count). The summed E-state index contributed by atoms with van der Waals surface area (Å²) < 4.78 is 5.47. The minimum absolute atomic E-state index is 0.221. The molecule has 2 bridgehead atoms. The minimum Gasteiger partial charge on any atom is -0.442 e. The number of benzene rings is 1. The Bertz CT molecular complexity index is 515. The molecule has 4 nitrogen and oxygen atoms in total. The van der Waals surface area contributed by atoms with Crippen molar-refractivity contribution in [2.45, 2.75) is 31.9 Å². The van der Waals surface area contributed by atoms with E-state index in [0.717, 1.165) is 25.2 Å². The molecule has 1 aromatic rings. The Morgan fingerprint density at radius 3 is 2.71 bits per heavy atom. The van der Waals surface area contributed by atoms with E-state index < -0.39 is 0 Å². The first kappa shape index (κ1) is 14.7. The molecule has 0 aromatic heterocycles. The molecule has 5 heteroatoms. The lowest BCUT2D eigenvalue weighted by molar-refractivity contribution is 0.0568. The van der Waals surface area contributed by atoms with Gasteiger partial charge in [0.15, 0.2) is 0 Å². The zero-order chi connectivity index (χ0) is 14.8. The standard InChI is InChI=1S/C16H21ClN2O2/c1-11(13-4-2-3-5-14(13)17)21-16(20)18-15-10-19-8-6-12(15)7-9-19/h2-5,11-12,15H,6-10H2,1H3,(H,18,20). The summed E-state index contributed by atoms with van der Waals surface area (Å²) in [6, 6.07) is 7.67. The van der Waals surface area contributed by atoms with Gasteiger partial charge in [0.25, 0.3) is 0 Å². The minimum atomic E-state index is -0.347. The smallest absolute Gasteiger partial charge is 0.408 e. The highest BCUT2D eigenvalue weighted by Crippen LogP contribution is 2.28. The van der Waals surface area contributed by atoms with Crippen LogP contribution in [0.2, 0.25) is 5.02 Å². The first-order valence-corrected chi connectivity index (χ1v) is 7.95. The van der Waals surface area contributed by atoms with Crippen molar-refractivity contribution >= 4 is 17.7 Å². The Morgan fingerprint density at radius 1 is 1.38 bits per heavy atom. The van der Waals surface area contributed by atoms with E-state index >= 15 is 0 Å². The quantitative estimate of drug-likeness (QED) is 0.932. The van der Waals surface area contributed by atoms with Gasteiger partial charge in [-0.2, -0.15) is 0 Å². The van der Waals surface area contributed by atoms with Crippen LogP contribution in [0.5, 0.6) is 0 Å². The summed E-state index contributed by atoms with van der Waals surface area (Å²) in [5.74, 6) is 0.596. The van der Waals surface area contributed by atoms with E-state index in [9.17, 15) is 4.79 Å². The number of hydrogen-bond donors (Lipinski definition) is 1. The summed E-state index contributed by atoms with van der Waals surface area (Å²) in [5, 5.41) is 3.65. The van der Waals surface area contributed by atoms with Crippen LogP contribution in [-0.2, 0) is 4.74 Å². The number of rotatable bonds is 3. The summed E-state index contributed by atoms with van der Waals surface area (Å²) in [7, 11) is 0. The van der Waals surface area contributed by atoms with Gasteiger partial charge in [0.05, 0.1) is 0 Å². The van der Waals surface area contributed by atoms with Crippen molar-refractivity contribution in [2.24, 2.45) is 5.92 Å². The highest BCUT2D eigenvalue weighted by Gasteiger charge is 2.35. The number of fused-ring (bicyclic) bond motifs is 3. The van der Waals surface area contributed by atoms with Crippen molar-refractivity contribution in [1.29, 1.82) is 0 Å². The predicted molar refractivity (Wildman–Crippen MR) is 82.4 cm³/mol. The van der Waals surface area contributed by atoms with Crippen molar-refractivity contribution in [3.63, 3.8) is 0 Å². The Balaban J connectivity index is 1.56. The molecule has 1 aromatic carbocycles. The molecule has 114 valence electrons. The fraction of sp³-hybridized carbons (Fsp3) is 0.562. The Labute approximate surface area is 130 Å². The lowest BCUT2D eigenvalue weighted by Crippen LogP contribution is -2.57. The third kappa shape index (κ3) is 3.33. The van der Waals surface area contributed by atoms with Crippen molar-refractivity contribution in [3.8, 4) is 0 Å². The van der Waals surface area contributed by atoms with Crippen LogP contribution < -0.4 is 5.32 Å². The van der Waals surface area contributed by atoms with E-state index in [4.69, 9.17) is 16.3 Å². The molecule has 0 spiro atoms. The van der Waals surface area contributed by atoms with E-state index in [0.29, 0.717) is 10.9 Å². The van der Waals surface area contributed by atoms with Crippen LogP contribution >= 0.6 is 11.6 Å². The first-order valence-electron chi connectivity index (χ1n) is 7.57. The number of ether oxygens (including phenoxy) is 1. The van der Waals surface area contributed by atoms with E-state index in [2.05, 4.69) is 10.2 Å². The molecule has 21 heavy (non-hydrogen) atoms. The van der Waals surface area contributed by atoms with Crippen LogP contribution in [0.3, 0.4) is 0 Å². The van der Waals surface area contributed by atoms with Gasteiger partial charge in [-0.05, 0) is 44.8 Å². The van der Waals surface area contributed by atoms with E-state index in [1.807, 2.05) is 31.2 Å². The molecular formula is C16H21ClN2O2. The largest absolute Gasteiger partial charge is 0.442 e. The monoisotopic (exact) mass is 308 g/mol. The molecule has 3 fully saturated rings. The second-order valence-electron chi connectivity index (χ2n) is 5.96. The second-order valence-corrected chi connectivity index (χ2v) is 6.37. The van der Waals surface area contributed by atoms with Gasteiger partial charge < -0.3 is 15.0 Å². The molecule has 3 saturated heterocycles. The molecule has 3 aliphatic heterocycles. The maximum atomic E-state index is 12.1. The van der Waals surface area contributed by atoms with Gasteiger partial charge >= 0.3 is 6.09 Å². The van der Waals surface area contributed by atoms with Gasteiger partial charge in [-0.15, -0.1) is 0 Å². The van der Waals surface area contributed by atoms with Gasteiger partial charge in [0.2, 0.25) is 0 Å². The molecule has 2 atom stereocenters. The van der Waals surface area contributed by atoms with Crippen LogP contribution in [0.4, 0.5) is 4.79 Å². The third-order valence-electron chi connectivity index (χ3n) is 4.59.